The number of rotatable bonds is 13. The number of hydrogen-bond donors (Lipinski definition) is 5. The minimum absolute atomic E-state index is 0.0414. The van der Waals surface area contributed by atoms with Crippen LogP contribution in [-0.4, -0.2) is 96.5 Å². The molecule has 2 aromatic heterocycles. The number of imidazole rings is 1. The van der Waals surface area contributed by atoms with Gasteiger partial charge in [-0.15, -0.1) is 11.3 Å². The summed E-state index contributed by atoms with van der Waals surface area (Å²) >= 11 is 8.91. The van der Waals surface area contributed by atoms with Crippen LogP contribution in [0.3, 0.4) is 0 Å². The van der Waals surface area contributed by atoms with E-state index in [0.29, 0.717) is 47.7 Å². The van der Waals surface area contributed by atoms with E-state index in [1.807, 2.05) is 66.8 Å². The number of nitrogens with zero attached hydrogens (tertiary/aromatic N) is 4. The van der Waals surface area contributed by atoms with Gasteiger partial charge in [-0.3, -0.25) is 33.7 Å². The fraction of sp³-hybridized carbons (Fsp3) is 0.417. The third kappa shape index (κ3) is 12.5. The minimum atomic E-state index is -1.24. The summed E-state index contributed by atoms with van der Waals surface area (Å²) in [6.07, 6.45) is 5.71. The third-order valence-electron chi connectivity index (χ3n) is 11.8. The van der Waals surface area contributed by atoms with Crippen LogP contribution < -0.4 is 26.8 Å². The van der Waals surface area contributed by atoms with Gasteiger partial charge in [-0.1, -0.05) is 80.2 Å². The molecule has 8 rings (SSSR count). The molecule has 5 aromatic rings. The molecule has 0 radical (unpaired) electrons. The second-order valence-corrected chi connectivity index (χ2v) is 19.3. The van der Waals surface area contributed by atoms with Crippen molar-refractivity contribution in [2.75, 3.05) is 43.8 Å². The first kappa shape index (κ1) is 50.7. The Morgan fingerprint density at radius 1 is 0.925 bits per heavy atom. The van der Waals surface area contributed by atoms with Gasteiger partial charge in [0.05, 0.1) is 22.5 Å². The van der Waals surface area contributed by atoms with Gasteiger partial charge in [0.15, 0.2) is 17.2 Å². The number of carbonyl (C=O) groups is 5. The molecule has 3 fully saturated rings. The van der Waals surface area contributed by atoms with Gasteiger partial charge < -0.3 is 26.0 Å². The van der Waals surface area contributed by atoms with Crippen molar-refractivity contribution in [3.8, 4) is 16.2 Å². The van der Waals surface area contributed by atoms with E-state index < -0.39 is 30.5 Å². The Hall–Kier alpha value is -5.66. The van der Waals surface area contributed by atoms with Crippen molar-refractivity contribution >= 4 is 87.0 Å². The molecule has 3 aliphatic rings. The first-order chi connectivity index (χ1) is 32.1. The number of hydrogen-bond acceptors (Lipinski definition) is 12. The smallest absolute Gasteiger partial charge is 0.349 e. The van der Waals surface area contributed by atoms with Gasteiger partial charge in [0.25, 0.3) is 0 Å². The van der Waals surface area contributed by atoms with Gasteiger partial charge in [0, 0.05) is 54.8 Å². The number of carbonyl (C=O) groups excluding carboxylic acids is 3. The summed E-state index contributed by atoms with van der Waals surface area (Å²) in [4.78, 5) is 75.4. The lowest BCUT2D eigenvalue weighted by atomic mass is 9.93. The average Bonchev–Trinajstić information content (AvgIpc) is 3.79. The number of amides is 3. The van der Waals surface area contributed by atoms with E-state index in [1.54, 1.807) is 28.8 Å². The molecule has 0 spiro atoms. The van der Waals surface area contributed by atoms with Gasteiger partial charge in [0.2, 0.25) is 17.7 Å². The number of aromatic carboxylic acids is 1. The van der Waals surface area contributed by atoms with E-state index in [9.17, 15) is 28.8 Å². The SMILES string of the molecule is CC.CC1(C)CCCCN1SCc1cccc(NC(=O)CN2CCC(n3c(=O)n(C4CCC(=O)NC4=O)c4ccccc43)CC2)c1.Nc1cccc(-c2sc(C(=O)O)c(OCC(=O)O)c2Cl)c1. The van der Waals surface area contributed by atoms with E-state index in [4.69, 9.17) is 32.3 Å². The molecule has 0 saturated carbocycles. The molecule has 19 heteroatoms. The Kier molecular flexibility index (Phi) is 17.3. The van der Waals surface area contributed by atoms with Gasteiger partial charge >= 0.3 is 17.6 Å². The highest BCUT2D eigenvalue weighted by atomic mass is 35.5. The van der Waals surface area contributed by atoms with Crippen molar-refractivity contribution < 1.29 is 38.9 Å². The molecule has 67 heavy (non-hydrogen) atoms. The summed E-state index contributed by atoms with van der Waals surface area (Å²) in [5.74, 6) is -2.51. The van der Waals surface area contributed by atoms with Crippen LogP contribution in [0.1, 0.15) is 100.0 Å². The van der Waals surface area contributed by atoms with E-state index in [1.165, 1.54) is 24.8 Å². The Bertz CT molecular complexity index is 2650. The van der Waals surface area contributed by atoms with Crippen LogP contribution in [0.2, 0.25) is 5.02 Å². The number of nitrogens with two attached hydrogens (primary N) is 1. The number of thiophene rings is 1. The average molecular weight is 977 g/mol. The largest absolute Gasteiger partial charge is 0.479 e. The summed E-state index contributed by atoms with van der Waals surface area (Å²) in [5, 5.41) is 23.3. The highest BCUT2D eigenvalue weighted by Gasteiger charge is 2.34. The number of carboxylic acid groups (broad SMARTS) is 2. The second kappa shape index (κ2) is 22.9. The molecule has 5 heterocycles. The lowest BCUT2D eigenvalue weighted by Gasteiger charge is -2.41. The molecule has 3 aromatic carbocycles. The van der Waals surface area contributed by atoms with E-state index in [0.717, 1.165) is 47.7 Å². The van der Waals surface area contributed by atoms with Crippen molar-refractivity contribution in [2.45, 2.75) is 96.0 Å². The number of anilines is 2. The van der Waals surface area contributed by atoms with Crippen molar-refractivity contribution in [1.82, 2.24) is 23.7 Å². The molecular weight excluding hydrogens is 918 g/mol. The number of aromatic nitrogens is 2. The maximum absolute atomic E-state index is 13.8. The van der Waals surface area contributed by atoms with Crippen LogP contribution in [0.4, 0.5) is 11.4 Å². The first-order valence-corrected chi connectivity index (χ1v) is 24.6. The number of aliphatic carboxylic acids is 1. The second-order valence-electron chi connectivity index (χ2n) is 16.9. The predicted octanol–water partition coefficient (Wildman–Crippen LogP) is 8.31. The molecule has 3 amide bonds. The van der Waals surface area contributed by atoms with E-state index in [2.05, 4.69) is 45.8 Å². The number of fused-ring (bicyclic) bond motifs is 1. The highest BCUT2D eigenvalue weighted by molar-refractivity contribution is 7.96. The Morgan fingerprint density at radius 3 is 2.28 bits per heavy atom. The Morgan fingerprint density at radius 2 is 1.63 bits per heavy atom. The summed E-state index contributed by atoms with van der Waals surface area (Å²) in [6.45, 7) is 10.7. The van der Waals surface area contributed by atoms with Gasteiger partial charge in [-0.2, -0.15) is 0 Å². The molecule has 358 valence electrons. The van der Waals surface area contributed by atoms with E-state index >= 15 is 0 Å². The summed E-state index contributed by atoms with van der Waals surface area (Å²) in [5.41, 5.74) is 10.3. The number of nitrogens with one attached hydrogen (secondary N) is 2. The lowest BCUT2D eigenvalue weighted by molar-refractivity contribution is -0.139. The molecule has 6 N–H and O–H groups in total. The molecule has 1 unspecified atom stereocenters. The zero-order valence-corrected chi connectivity index (χ0v) is 40.5. The van der Waals surface area contributed by atoms with Gasteiger partial charge in [-0.05, 0) is 93.5 Å². The van der Waals surface area contributed by atoms with Crippen molar-refractivity contribution in [2.24, 2.45) is 0 Å². The third-order valence-corrected chi connectivity index (χ3v) is 14.9. The molecule has 3 saturated heterocycles. The van der Waals surface area contributed by atoms with Crippen molar-refractivity contribution in [3.05, 3.63) is 98.7 Å². The van der Waals surface area contributed by atoms with Crippen molar-refractivity contribution in [3.63, 3.8) is 0 Å². The standard InChI is InChI=1S/C33H42N6O4S.C13H10ClNO5S.C2H6/c1-33(2)16-5-6-17-37(33)44-22-23-8-7-9-24(20-23)34-30(41)21-36-18-14-25(15-19-36)38-26-10-3-4-11-27(26)39(32(38)43)28-12-13-29(40)35-31(28)42;14-9-10(20-5-8(16)17)12(13(18)19)21-11(9)6-2-1-3-7(15)4-6;1-2/h3-4,7-11,20,25,28H,5-6,12-19,21-22H2,1-2H3,(H,34,41)(H,35,40,42);1-4H,5,15H2,(H,16,17)(H,18,19);1-2H3. The van der Waals surface area contributed by atoms with Crippen LogP contribution in [0, 0.1) is 0 Å². The number of para-hydroxylation sites is 2. The number of piperidine rings is 3. The number of ether oxygens (including phenoxy) is 1. The molecule has 3 aliphatic heterocycles. The van der Waals surface area contributed by atoms with Crippen molar-refractivity contribution in [1.29, 1.82) is 0 Å². The number of halogens is 1. The fourth-order valence-electron chi connectivity index (χ4n) is 8.55. The zero-order valence-electron chi connectivity index (χ0n) is 38.1. The zero-order chi connectivity index (χ0) is 48.4. The first-order valence-electron chi connectivity index (χ1n) is 22.4. The number of imide groups is 1. The summed E-state index contributed by atoms with van der Waals surface area (Å²) in [7, 11) is 0. The Labute approximate surface area is 402 Å². The maximum Gasteiger partial charge on any atom is 0.349 e. The summed E-state index contributed by atoms with van der Waals surface area (Å²) < 4.78 is 10.9. The van der Waals surface area contributed by atoms with Gasteiger partial charge in [-0.25, -0.2) is 18.7 Å². The molecule has 0 bridgehead atoms. The van der Waals surface area contributed by atoms with E-state index in [-0.39, 0.29) is 51.2 Å². The normalized spacial score (nSPS) is 17.7. The van der Waals surface area contributed by atoms with Crippen LogP contribution in [0.25, 0.3) is 21.5 Å². The van der Waals surface area contributed by atoms with Crippen LogP contribution in [-0.2, 0) is 24.9 Å². The number of likely N-dealkylation sites (tertiary alicyclic amines) is 1. The quantitative estimate of drug-likeness (QED) is 0.0427. The fourth-order valence-corrected chi connectivity index (χ4v) is 11.1. The maximum atomic E-state index is 13.8. The molecular formula is C48H58ClN7O9S2. The monoisotopic (exact) mass is 975 g/mol. The molecule has 0 aliphatic carbocycles. The number of carboxylic acids is 2. The topological polar surface area (TPSA) is 219 Å². The lowest BCUT2D eigenvalue weighted by Crippen LogP contribution is -2.45. The predicted molar refractivity (Wildman–Crippen MR) is 264 cm³/mol. The molecule has 16 nitrogen and oxygen atoms in total. The number of nitrogen functional groups attached to an aromatic ring is 1. The number of benzene rings is 3. The van der Waals surface area contributed by atoms with Gasteiger partial charge in [0.1, 0.15) is 11.1 Å². The van der Waals surface area contributed by atoms with Crippen LogP contribution in [0.15, 0.2) is 77.6 Å². The highest BCUT2D eigenvalue weighted by Crippen LogP contribution is 2.46. The summed E-state index contributed by atoms with van der Waals surface area (Å²) in [6, 6.07) is 21.7. The Balaban J connectivity index is 0.000000270. The van der Waals surface area contributed by atoms with Crippen LogP contribution in [0.5, 0.6) is 5.75 Å². The molecule has 1 atom stereocenters. The van der Waals surface area contributed by atoms with Crippen LogP contribution >= 0.6 is 34.9 Å². The minimum Gasteiger partial charge on any atom is -0.479 e.